The summed E-state index contributed by atoms with van der Waals surface area (Å²) in [7, 11) is 0. The van der Waals surface area contributed by atoms with Crippen LogP contribution in [0.15, 0.2) is 21.3 Å². The Balaban J connectivity index is 1.60. The van der Waals surface area contributed by atoms with Gasteiger partial charge in [-0.3, -0.25) is 9.69 Å². The van der Waals surface area contributed by atoms with Crippen LogP contribution in [0.2, 0.25) is 0 Å². The van der Waals surface area contributed by atoms with Crippen LogP contribution in [-0.2, 0) is 11.3 Å². The lowest BCUT2D eigenvalue weighted by molar-refractivity contribution is -0.120. The van der Waals surface area contributed by atoms with Crippen LogP contribution >= 0.6 is 11.3 Å². The van der Waals surface area contributed by atoms with E-state index in [0.717, 1.165) is 31.5 Å². The van der Waals surface area contributed by atoms with Crippen LogP contribution in [0.25, 0.3) is 11.4 Å². The van der Waals surface area contributed by atoms with E-state index in [1.54, 1.807) is 18.3 Å². The molecule has 1 amide bonds. The van der Waals surface area contributed by atoms with Crippen LogP contribution in [0.4, 0.5) is 0 Å². The third-order valence-corrected chi connectivity index (χ3v) is 4.20. The first-order valence-electron chi connectivity index (χ1n) is 7.05. The van der Waals surface area contributed by atoms with Crippen LogP contribution in [0.1, 0.15) is 25.7 Å². The first-order chi connectivity index (χ1) is 10.2. The minimum atomic E-state index is 0.0272. The molecule has 2 aromatic rings. The van der Waals surface area contributed by atoms with Gasteiger partial charge >= 0.3 is 0 Å². The number of carbonyl (C=O) groups excluding carboxylic acids is 1. The van der Waals surface area contributed by atoms with E-state index in [-0.39, 0.29) is 11.9 Å². The lowest BCUT2D eigenvalue weighted by Gasteiger charge is -2.31. The number of hydrogen-bond donors (Lipinski definition) is 1. The molecule has 1 N–H and O–H groups in total. The Morgan fingerprint density at radius 3 is 3.29 bits per heavy atom. The average Bonchev–Trinajstić information content (AvgIpc) is 3.08. The van der Waals surface area contributed by atoms with Gasteiger partial charge in [0.25, 0.3) is 0 Å². The van der Waals surface area contributed by atoms with E-state index in [4.69, 9.17) is 4.52 Å². The molecule has 1 aliphatic rings. The minimum absolute atomic E-state index is 0.0272. The third kappa shape index (κ3) is 3.68. The Bertz CT molecular complexity index is 596. The molecule has 2 aromatic heterocycles. The van der Waals surface area contributed by atoms with E-state index in [0.29, 0.717) is 18.3 Å². The lowest BCUT2D eigenvalue weighted by atomic mass is 10.1. The van der Waals surface area contributed by atoms with Gasteiger partial charge in [-0.25, -0.2) is 0 Å². The fraction of sp³-hybridized carbons (Fsp3) is 0.500. The maximum absolute atomic E-state index is 11.1. The molecule has 1 saturated heterocycles. The van der Waals surface area contributed by atoms with Crippen molar-refractivity contribution in [2.75, 3.05) is 13.1 Å². The Morgan fingerprint density at radius 1 is 1.62 bits per heavy atom. The maximum atomic E-state index is 11.1. The highest BCUT2D eigenvalue weighted by Gasteiger charge is 2.22. The molecule has 0 saturated carbocycles. The van der Waals surface area contributed by atoms with Crippen molar-refractivity contribution in [2.24, 2.45) is 0 Å². The van der Waals surface area contributed by atoms with Gasteiger partial charge in [0.05, 0.1) is 6.54 Å². The summed E-state index contributed by atoms with van der Waals surface area (Å²) < 4.78 is 5.32. The van der Waals surface area contributed by atoms with Crippen LogP contribution in [0.5, 0.6) is 0 Å². The Labute approximate surface area is 127 Å². The van der Waals surface area contributed by atoms with Gasteiger partial charge in [0.15, 0.2) is 0 Å². The largest absolute Gasteiger partial charge is 0.352 e. The molecule has 6 nitrogen and oxygen atoms in total. The molecular formula is C14H18N4O2S. The van der Waals surface area contributed by atoms with E-state index in [1.807, 2.05) is 16.8 Å². The third-order valence-electron chi connectivity index (χ3n) is 3.52. The zero-order valence-corrected chi connectivity index (χ0v) is 12.7. The molecule has 0 spiro atoms. The van der Waals surface area contributed by atoms with Crippen molar-refractivity contribution in [3.8, 4) is 11.4 Å². The molecule has 7 heteroatoms. The number of thiophene rings is 1. The van der Waals surface area contributed by atoms with Crippen molar-refractivity contribution in [1.82, 2.24) is 20.4 Å². The monoisotopic (exact) mass is 306 g/mol. The predicted molar refractivity (Wildman–Crippen MR) is 79.7 cm³/mol. The molecule has 1 fully saturated rings. The van der Waals surface area contributed by atoms with Gasteiger partial charge < -0.3 is 9.84 Å². The van der Waals surface area contributed by atoms with Crippen LogP contribution in [0, 0.1) is 0 Å². The van der Waals surface area contributed by atoms with Crippen molar-refractivity contribution in [2.45, 2.75) is 32.4 Å². The molecule has 1 atom stereocenters. The molecule has 0 radical (unpaired) electrons. The summed E-state index contributed by atoms with van der Waals surface area (Å²) in [6.45, 7) is 4.01. The zero-order valence-electron chi connectivity index (χ0n) is 11.9. The molecule has 1 aliphatic heterocycles. The van der Waals surface area contributed by atoms with E-state index >= 15 is 0 Å². The van der Waals surface area contributed by atoms with Crippen molar-refractivity contribution in [1.29, 1.82) is 0 Å². The van der Waals surface area contributed by atoms with Crippen LogP contribution in [-0.4, -0.2) is 40.1 Å². The number of nitrogens with one attached hydrogen (secondary N) is 1. The van der Waals surface area contributed by atoms with Crippen LogP contribution in [0.3, 0.4) is 0 Å². The number of likely N-dealkylation sites (tertiary alicyclic amines) is 1. The molecular weight excluding hydrogens is 288 g/mol. The summed E-state index contributed by atoms with van der Waals surface area (Å²) >= 11 is 1.61. The summed E-state index contributed by atoms with van der Waals surface area (Å²) in [5, 5.41) is 11.0. The summed E-state index contributed by atoms with van der Waals surface area (Å²) in [6, 6.07) is 2.20. The summed E-state index contributed by atoms with van der Waals surface area (Å²) in [5.74, 6) is 1.29. The lowest BCUT2D eigenvalue weighted by Crippen LogP contribution is -2.46. The Morgan fingerprint density at radius 2 is 2.52 bits per heavy atom. The van der Waals surface area contributed by atoms with E-state index in [1.165, 1.54) is 0 Å². The number of rotatable bonds is 4. The van der Waals surface area contributed by atoms with Gasteiger partial charge in [-0.05, 0) is 30.8 Å². The van der Waals surface area contributed by atoms with Gasteiger partial charge in [-0.1, -0.05) is 5.16 Å². The highest BCUT2D eigenvalue weighted by Crippen LogP contribution is 2.20. The number of nitrogens with zero attached hydrogens (tertiary/aromatic N) is 3. The van der Waals surface area contributed by atoms with Gasteiger partial charge in [-0.15, -0.1) is 0 Å². The maximum Gasteiger partial charge on any atom is 0.241 e. The predicted octanol–water partition coefficient (Wildman–Crippen LogP) is 1.90. The van der Waals surface area contributed by atoms with Gasteiger partial charge in [0, 0.05) is 30.5 Å². The van der Waals surface area contributed by atoms with Crippen molar-refractivity contribution >= 4 is 17.2 Å². The Hall–Kier alpha value is -1.73. The number of carbonyl (C=O) groups is 1. The van der Waals surface area contributed by atoms with Crippen molar-refractivity contribution < 1.29 is 9.32 Å². The molecule has 0 aliphatic carbocycles. The molecule has 3 rings (SSSR count). The molecule has 21 heavy (non-hydrogen) atoms. The standard InChI is InChI=1S/C14H18N4O2S/c1-10(19)15-12-3-2-5-18(7-12)8-13-16-14(17-20-13)11-4-6-21-9-11/h4,6,9,12H,2-3,5,7-8H2,1H3,(H,15,19)/t12-/m1/s1. The number of amides is 1. The van der Waals surface area contributed by atoms with E-state index in [9.17, 15) is 4.79 Å². The molecule has 0 aromatic carbocycles. The molecule has 112 valence electrons. The highest BCUT2D eigenvalue weighted by molar-refractivity contribution is 7.08. The smallest absolute Gasteiger partial charge is 0.241 e. The van der Waals surface area contributed by atoms with Gasteiger partial charge in [0.2, 0.25) is 17.6 Å². The Kier molecular flexibility index (Phi) is 4.31. The first-order valence-corrected chi connectivity index (χ1v) is 7.99. The second-order valence-corrected chi connectivity index (χ2v) is 6.08. The number of hydrogen-bond acceptors (Lipinski definition) is 6. The fourth-order valence-corrected chi connectivity index (χ4v) is 3.26. The highest BCUT2D eigenvalue weighted by atomic mass is 32.1. The van der Waals surface area contributed by atoms with Gasteiger partial charge in [-0.2, -0.15) is 16.3 Å². The number of piperidine rings is 1. The van der Waals surface area contributed by atoms with E-state index < -0.39 is 0 Å². The summed E-state index contributed by atoms with van der Waals surface area (Å²) in [5.41, 5.74) is 0.991. The van der Waals surface area contributed by atoms with Crippen molar-refractivity contribution in [3.63, 3.8) is 0 Å². The quantitative estimate of drug-likeness (QED) is 0.934. The first kappa shape index (κ1) is 14.2. The second kappa shape index (κ2) is 6.36. The zero-order chi connectivity index (χ0) is 14.7. The minimum Gasteiger partial charge on any atom is -0.352 e. The normalized spacial score (nSPS) is 19.6. The second-order valence-electron chi connectivity index (χ2n) is 5.30. The van der Waals surface area contributed by atoms with Crippen LogP contribution < -0.4 is 5.32 Å². The van der Waals surface area contributed by atoms with Crippen molar-refractivity contribution in [3.05, 3.63) is 22.7 Å². The number of aromatic nitrogens is 2. The molecule has 0 bridgehead atoms. The summed E-state index contributed by atoms with van der Waals surface area (Å²) in [4.78, 5) is 17.8. The molecule has 0 unspecified atom stereocenters. The average molecular weight is 306 g/mol. The van der Waals surface area contributed by atoms with Gasteiger partial charge in [0.1, 0.15) is 0 Å². The summed E-state index contributed by atoms with van der Waals surface area (Å²) in [6.07, 6.45) is 2.09. The van der Waals surface area contributed by atoms with E-state index in [2.05, 4.69) is 20.4 Å². The molecule has 3 heterocycles. The fourth-order valence-electron chi connectivity index (χ4n) is 2.62. The topological polar surface area (TPSA) is 71.3 Å². The SMILES string of the molecule is CC(=O)N[C@@H]1CCCN(Cc2nc(-c3ccsc3)no2)C1.